The van der Waals surface area contributed by atoms with E-state index in [0.717, 1.165) is 30.6 Å². The number of carbonyl (C=O) groups is 1. The lowest BCUT2D eigenvalue weighted by atomic mass is 9.87. The molecule has 1 aromatic carbocycles. The fraction of sp³-hybridized carbons (Fsp3) is 0.533. The molecule has 0 bridgehead atoms. The lowest BCUT2D eigenvalue weighted by Crippen LogP contribution is -2.39. The molecule has 1 atom stereocenters. The summed E-state index contributed by atoms with van der Waals surface area (Å²) in [6.07, 6.45) is 2.95. The van der Waals surface area contributed by atoms with E-state index in [0.29, 0.717) is 6.61 Å². The maximum Gasteiger partial charge on any atom is 0.315 e. The van der Waals surface area contributed by atoms with Crippen LogP contribution in [-0.4, -0.2) is 25.9 Å². The standard InChI is InChI=1S/C15H21FN2O2/c1-2-20-12-7-6-11-4-3-5-14(13(11)10-12)18-15(19)17-9-8-16/h6-7,10,14H,2-5,8-9H2,1H3,(H2,17,18,19). The summed E-state index contributed by atoms with van der Waals surface area (Å²) in [5.74, 6) is 0.823. The van der Waals surface area contributed by atoms with Gasteiger partial charge in [0.1, 0.15) is 12.4 Å². The Kier molecular flexibility index (Phi) is 5.21. The molecule has 0 fully saturated rings. The van der Waals surface area contributed by atoms with E-state index in [1.165, 1.54) is 5.56 Å². The number of nitrogens with one attached hydrogen (secondary N) is 2. The van der Waals surface area contributed by atoms with Crippen LogP contribution in [0.15, 0.2) is 18.2 Å². The minimum Gasteiger partial charge on any atom is -0.494 e. The Morgan fingerprint density at radius 3 is 3.10 bits per heavy atom. The Morgan fingerprint density at radius 1 is 1.50 bits per heavy atom. The number of urea groups is 1. The second-order valence-electron chi connectivity index (χ2n) is 4.83. The van der Waals surface area contributed by atoms with E-state index in [9.17, 15) is 9.18 Å². The van der Waals surface area contributed by atoms with Gasteiger partial charge in [0, 0.05) is 6.54 Å². The van der Waals surface area contributed by atoms with Crippen molar-refractivity contribution in [3.63, 3.8) is 0 Å². The van der Waals surface area contributed by atoms with Crippen LogP contribution in [0.25, 0.3) is 0 Å². The maximum absolute atomic E-state index is 12.0. The van der Waals surface area contributed by atoms with E-state index in [4.69, 9.17) is 4.74 Å². The highest BCUT2D eigenvalue weighted by atomic mass is 19.1. The van der Waals surface area contributed by atoms with Crippen LogP contribution in [0.2, 0.25) is 0 Å². The van der Waals surface area contributed by atoms with E-state index < -0.39 is 6.67 Å². The number of aryl methyl sites for hydroxylation is 1. The van der Waals surface area contributed by atoms with Crippen molar-refractivity contribution in [2.75, 3.05) is 19.8 Å². The zero-order chi connectivity index (χ0) is 14.4. The first-order chi connectivity index (χ1) is 9.74. The van der Waals surface area contributed by atoms with Crippen molar-refractivity contribution in [2.24, 2.45) is 0 Å². The third kappa shape index (κ3) is 3.62. The molecule has 4 nitrogen and oxygen atoms in total. The molecule has 1 unspecified atom stereocenters. The molecule has 0 radical (unpaired) electrons. The lowest BCUT2D eigenvalue weighted by molar-refractivity contribution is 0.234. The van der Waals surface area contributed by atoms with Crippen molar-refractivity contribution in [1.29, 1.82) is 0 Å². The quantitative estimate of drug-likeness (QED) is 0.871. The lowest BCUT2D eigenvalue weighted by Gasteiger charge is -2.27. The highest BCUT2D eigenvalue weighted by molar-refractivity contribution is 5.74. The first kappa shape index (κ1) is 14.6. The molecule has 0 aromatic heterocycles. The summed E-state index contributed by atoms with van der Waals surface area (Å²) in [7, 11) is 0. The maximum atomic E-state index is 12.0. The monoisotopic (exact) mass is 280 g/mol. The number of ether oxygens (including phenoxy) is 1. The smallest absolute Gasteiger partial charge is 0.315 e. The third-order valence-corrected chi connectivity index (χ3v) is 3.43. The molecule has 2 amide bonds. The molecule has 0 heterocycles. The van der Waals surface area contributed by atoms with Crippen LogP contribution in [0.4, 0.5) is 9.18 Å². The predicted octanol–water partition coefficient (Wildman–Crippen LogP) is 2.73. The third-order valence-electron chi connectivity index (χ3n) is 3.43. The summed E-state index contributed by atoms with van der Waals surface area (Å²) < 4.78 is 17.6. The van der Waals surface area contributed by atoms with Crippen LogP contribution < -0.4 is 15.4 Å². The van der Waals surface area contributed by atoms with Gasteiger partial charge in [-0.1, -0.05) is 6.07 Å². The number of rotatable bonds is 5. The van der Waals surface area contributed by atoms with Gasteiger partial charge < -0.3 is 15.4 Å². The van der Waals surface area contributed by atoms with Gasteiger partial charge >= 0.3 is 6.03 Å². The normalized spacial score (nSPS) is 17.2. The van der Waals surface area contributed by atoms with Gasteiger partial charge in [-0.05, 0) is 49.4 Å². The Labute approximate surface area is 118 Å². The Morgan fingerprint density at radius 2 is 2.35 bits per heavy atom. The summed E-state index contributed by atoms with van der Waals surface area (Å²) in [5.41, 5.74) is 2.35. The molecule has 2 N–H and O–H groups in total. The molecule has 1 aliphatic carbocycles. The number of carbonyl (C=O) groups excluding carboxylic acids is 1. The van der Waals surface area contributed by atoms with E-state index >= 15 is 0 Å². The highest BCUT2D eigenvalue weighted by Crippen LogP contribution is 2.32. The van der Waals surface area contributed by atoms with Crippen molar-refractivity contribution in [3.8, 4) is 5.75 Å². The van der Waals surface area contributed by atoms with Crippen LogP contribution in [-0.2, 0) is 6.42 Å². The minimum absolute atomic E-state index is 0.0289. The molecule has 20 heavy (non-hydrogen) atoms. The van der Waals surface area contributed by atoms with E-state index in [2.05, 4.69) is 16.7 Å². The molecule has 0 saturated heterocycles. The summed E-state index contributed by atoms with van der Waals surface area (Å²) in [5, 5.41) is 5.40. The summed E-state index contributed by atoms with van der Waals surface area (Å²) in [6.45, 7) is 2.06. The van der Waals surface area contributed by atoms with Crippen LogP contribution in [0.1, 0.15) is 36.9 Å². The number of hydrogen-bond acceptors (Lipinski definition) is 2. The summed E-state index contributed by atoms with van der Waals surface area (Å²) in [4.78, 5) is 11.7. The van der Waals surface area contributed by atoms with Crippen LogP contribution >= 0.6 is 0 Å². The minimum atomic E-state index is -0.552. The van der Waals surface area contributed by atoms with Crippen LogP contribution in [0.3, 0.4) is 0 Å². The zero-order valence-electron chi connectivity index (χ0n) is 11.7. The molecular weight excluding hydrogens is 259 g/mol. The van der Waals surface area contributed by atoms with Gasteiger partial charge in [0.15, 0.2) is 0 Å². The van der Waals surface area contributed by atoms with Gasteiger partial charge in [0.2, 0.25) is 0 Å². The van der Waals surface area contributed by atoms with Gasteiger partial charge in [0.25, 0.3) is 0 Å². The molecule has 1 aromatic rings. The first-order valence-electron chi connectivity index (χ1n) is 7.10. The molecule has 5 heteroatoms. The molecule has 0 aliphatic heterocycles. The van der Waals surface area contributed by atoms with Gasteiger partial charge in [-0.15, -0.1) is 0 Å². The van der Waals surface area contributed by atoms with Crippen molar-refractivity contribution in [2.45, 2.75) is 32.2 Å². The highest BCUT2D eigenvalue weighted by Gasteiger charge is 2.22. The SMILES string of the molecule is CCOc1ccc2c(c1)C(NC(=O)NCCF)CCC2. The molecule has 0 spiro atoms. The number of benzene rings is 1. The van der Waals surface area contributed by atoms with Gasteiger partial charge in [0.05, 0.1) is 12.6 Å². The molecule has 1 aliphatic rings. The van der Waals surface area contributed by atoms with Crippen molar-refractivity contribution in [1.82, 2.24) is 10.6 Å². The van der Waals surface area contributed by atoms with Crippen LogP contribution in [0, 0.1) is 0 Å². The Balaban J connectivity index is 2.09. The average molecular weight is 280 g/mol. The van der Waals surface area contributed by atoms with Gasteiger partial charge in [-0.2, -0.15) is 0 Å². The number of amides is 2. The first-order valence-corrected chi connectivity index (χ1v) is 7.10. The van der Waals surface area contributed by atoms with E-state index in [1.54, 1.807) is 0 Å². The topological polar surface area (TPSA) is 50.4 Å². The fourth-order valence-electron chi connectivity index (χ4n) is 2.55. The number of fused-ring (bicyclic) bond motifs is 1. The summed E-state index contributed by atoms with van der Waals surface area (Å²) >= 11 is 0. The van der Waals surface area contributed by atoms with Crippen LogP contribution in [0.5, 0.6) is 5.75 Å². The number of hydrogen-bond donors (Lipinski definition) is 2. The zero-order valence-corrected chi connectivity index (χ0v) is 11.7. The van der Waals surface area contributed by atoms with Crippen molar-refractivity contribution < 1.29 is 13.9 Å². The molecule has 110 valence electrons. The number of halogens is 1. The van der Waals surface area contributed by atoms with Crippen molar-refractivity contribution >= 4 is 6.03 Å². The molecule has 2 rings (SSSR count). The second-order valence-corrected chi connectivity index (χ2v) is 4.83. The average Bonchev–Trinajstić information content (AvgIpc) is 2.46. The Hall–Kier alpha value is -1.78. The fourth-order valence-corrected chi connectivity index (χ4v) is 2.55. The van der Waals surface area contributed by atoms with E-state index in [1.807, 2.05) is 19.1 Å². The molecular formula is C15H21FN2O2. The molecule has 0 saturated carbocycles. The number of alkyl halides is 1. The summed E-state index contributed by atoms with van der Waals surface area (Å²) in [6, 6.07) is 5.68. The predicted molar refractivity (Wildman–Crippen MR) is 75.8 cm³/mol. The van der Waals surface area contributed by atoms with Gasteiger partial charge in [-0.3, -0.25) is 0 Å². The van der Waals surface area contributed by atoms with Gasteiger partial charge in [-0.25, -0.2) is 9.18 Å². The van der Waals surface area contributed by atoms with E-state index in [-0.39, 0.29) is 18.6 Å². The largest absolute Gasteiger partial charge is 0.494 e. The Bertz CT molecular complexity index is 465. The second kappa shape index (κ2) is 7.12. The van der Waals surface area contributed by atoms with Crippen molar-refractivity contribution in [3.05, 3.63) is 29.3 Å².